The van der Waals surface area contributed by atoms with E-state index < -0.39 is 15.7 Å². The number of benzene rings is 1. The van der Waals surface area contributed by atoms with Crippen LogP contribution >= 0.6 is 0 Å². The number of pyridine rings is 1. The summed E-state index contributed by atoms with van der Waals surface area (Å²) >= 11 is 0. The van der Waals surface area contributed by atoms with Gasteiger partial charge in [-0.05, 0) is 50.6 Å². The molecule has 3 heterocycles. The van der Waals surface area contributed by atoms with Gasteiger partial charge in [0.25, 0.3) is 5.91 Å². The Morgan fingerprint density at radius 2 is 1.77 bits per heavy atom. The van der Waals surface area contributed by atoms with Crippen LogP contribution in [0.1, 0.15) is 36.3 Å². The SMILES string of the molecule is CCNc1ccc(-c2c(CC)ncnc2-c2ccc(C(=O)N3CCN(CCCS(C)(=O)=O)CC3)c(F)c2)cn1. The van der Waals surface area contributed by atoms with Crippen molar-refractivity contribution < 1.29 is 17.6 Å². The molecule has 0 spiro atoms. The van der Waals surface area contributed by atoms with Crippen LogP contribution in [0, 0.1) is 5.82 Å². The zero-order valence-corrected chi connectivity index (χ0v) is 23.5. The Balaban J connectivity index is 1.51. The van der Waals surface area contributed by atoms with Gasteiger partial charge in [-0.3, -0.25) is 9.69 Å². The van der Waals surface area contributed by atoms with Crippen LogP contribution in [0.2, 0.25) is 0 Å². The van der Waals surface area contributed by atoms with Crippen LogP contribution in [0.15, 0.2) is 42.9 Å². The number of aromatic nitrogens is 3. The van der Waals surface area contributed by atoms with E-state index in [2.05, 4.69) is 25.2 Å². The molecule has 1 N–H and O–H groups in total. The van der Waals surface area contributed by atoms with Crippen molar-refractivity contribution in [3.8, 4) is 22.4 Å². The molecule has 1 aliphatic rings. The first-order chi connectivity index (χ1) is 18.7. The van der Waals surface area contributed by atoms with E-state index in [1.165, 1.54) is 24.7 Å². The molecule has 4 rings (SSSR count). The number of amides is 1. The quantitative estimate of drug-likeness (QED) is 0.406. The summed E-state index contributed by atoms with van der Waals surface area (Å²) < 4.78 is 38.1. The molecule has 1 saturated heterocycles. The Bertz CT molecular complexity index is 1410. The molecule has 1 fully saturated rings. The van der Waals surface area contributed by atoms with Crippen molar-refractivity contribution in [2.45, 2.75) is 26.7 Å². The van der Waals surface area contributed by atoms with Gasteiger partial charge in [-0.25, -0.2) is 27.8 Å². The second kappa shape index (κ2) is 12.6. The highest BCUT2D eigenvalue weighted by atomic mass is 32.2. The minimum Gasteiger partial charge on any atom is -0.370 e. The van der Waals surface area contributed by atoms with E-state index in [1.54, 1.807) is 17.2 Å². The Kier molecular flexibility index (Phi) is 9.24. The molecule has 3 aromatic rings. The first kappa shape index (κ1) is 28.6. The smallest absolute Gasteiger partial charge is 0.256 e. The Hall–Kier alpha value is -3.44. The minimum absolute atomic E-state index is 0.0206. The summed E-state index contributed by atoms with van der Waals surface area (Å²) in [6.07, 6.45) is 5.69. The zero-order chi connectivity index (χ0) is 28.0. The third kappa shape index (κ3) is 7.15. The molecule has 39 heavy (non-hydrogen) atoms. The zero-order valence-electron chi connectivity index (χ0n) is 22.7. The van der Waals surface area contributed by atoms with E-state index in [0.717, 1.165) is 29.2 Å². The van der Waals surface area contributed by atoms with E-state index in [1.807, 2.05) is 26.0 Å². The number of hydrogen-bond donors (Lipinski definition) is 1. The van der Waals surface area contributed by atoms with Crippen molar-refractivity contribution in [3.05, 3.63) is 59.9 Å². The molecule has 0 aliphatic carbocycles. The largest absolute Gasteiger partial charge is 0.370 e. The average Bonchev–Trinajstić information content (AvgIpc) is 2.92. The first-order valence-electron chi connectivity index (χ1n) is 13.2. The fourth-order valence-corrected chi connectivity index (χ4v) is 5.42. The fraction of sp³-hybridized carbons (Fsp3) is 0.429. The van der Waals surface area contributed by atoms with Crippen LogP contribution < -0.4 is 5.32 Å². The Labute approximate surface area is 229 Å². The van der Waals surface area contributed by atoms with Gasteiger partial charge in [-0.15, -0.1) is 0 Å². The number of hydrogen-bond acceptors (Lipinski definition) is 8. The summed E-state index contributed by atoms with van der Waals surface area (Å²) in [4.78, 5) is 30.3. The first-order valence-corrected chi connectivity index (χ1v) is 15.3. The summed E-state index contributed by atoms with van der Waals surface area (Å²) in [7, 11) is -2.99. The molecule has 0 unspecified atom stereocenters. The fourth-order valence-electron chi connectivity index (χ4n) is 4.77. The van der Waals surface area contributed by atoms with Crippen molar-refractivity contribution in [2.75, 3.05) is 56.6 Å². The number of rotatable bonds is 10. The van der Waals surface area contributed by atoms with Crippen molar-refractivity contribution in [2.24, 2.45) is 0 Å². The lowest BCUT2D eigenvalue weighted by Crippen LogP contribution is -2.49. The predicted octanol–water partition coefficient (Wildman–Crippen LogP) is 3.53. The van der Waals surface area contributed by atoms with Gasteiger partial charge in [-0.2, -0.15) is 0 Å². The highest BCUT2D eigenvalue weighted by Gasteiger charge is 2.25. The highest BCUT2D eigenvalue weighted by molar-refractivity contribution is 7.90. The van der Waals surface area contributed by atoms with Crippen LogP contribution in [0.4, 0.5) is 10.2 Å². The molecular formula is C28H35FN6O3S. The molecule has 0 radical (unpaired) electrons. The third-order valence-corrected chi connectivity index (χ3v) is 7.82. The maximum Gasteiger partial charge on any atom is 0.256 e. The van der Waals surface area contributed by atoms with Crippen LogP contribution in [0.5, 0.6) is 0 Å². The van der Waals surface area contributed by atoms with E-state index in [9.17, 15) is 13.2 Å². The summed E-state index contributed by atoms with van der Waals surface area (Å²) in [6.45, 7) is 7.60. The van der Waals surface area contributed by atoms with Crippen molar-refractivity contribution in [3.63, 3.8) is 0 Å². The number of nitrogens with zero attached hydrogens (tertiary/aromatic N) is 5. The maximum atomic E-state index is 15.4. The van der Waals surface area contributed by atoms with E-state index in [4.69, 9.17) is 0 Å². The monoisotopic (exact) mass is 554 g/mol. The summed E-state index contributed by atoms with van der Waals surface area (Å²) in [5.41, 5.74) is 3.61. The summed E-state index contributed by atoms with van der Waals surface area (Å²) in [5.74, 6) is -0.0390. The van der Waals surface area contributed by atoms with Gasteiger partial charge in [0.15, 0.2) is 0 Å². The van der Waals surface area contributed by atoms with Gasteiger partial charge in [-0.1, -0.05) is 13.0 Å². The number of anilines is 1. The maximum absolute atomic E-state index is 15.4. The Morgan fingerprint density at radius 3 is 2.38 bits per heavy atom. The topological polar surface area (TPSA) is 108 Å². The van der Waals surface area contributed by atoms with Crippen molar-refractivity contribution in [1.29, 1.82) is 0 Å². The summed E-state index contributed by atoms with van der Waals surface area (Å²) in [5, 5.41) is 3.18. The van der Waals surface area contributed by atoms with Gasteiger partial charge >= 0.3 is 0 Å². The van der Waals surface area contributed by atoms with Crippen LogP contribution in [0.3, 0.4) is 0 Å². The lowest BCUT2D eigenvalue weighted by molar-refractivity contribution is 0.0633. The standard InChI is InChI=1S/C28H35FN6O3S/c1-4-24-26(21-8-10-25(30-5-2)31-18-21)27(33-19-32-24)20-7-9-22(23(29)17-20)28(36)35-14-12-34(13-15-35)11-6-16-39(3,37)38/h7-10,17-19H,4-6,11-16H2,1-3H3,(H,30,31). The molecule has 1 amide bonds. The minimum atomic E-state index is -2.99. The number of aryl methyl sites for hydroxylation is 1. The lowest BCUT2D eigenvalue weighted by atomic mass is 9.96. The molecule has 208 valence electrons. The number of carbonyl (C=O) groups is 1. The molecule has 1 aliphatic heterocycles. The van der Waals surface area contributed by atoms with Gasteiger partial charge < -0.3 is 10.2 Å². The molecular weight excluding hydrogens is 519 g/mol. The number of piperazine rings is 1. The molecule has 2 aromatic heterocycles. The average molecular weight is 555 g/mol. The van der Waals surface area contributed by atoms with E-state index in [0.29, 0.717) is 56.8 Å². The summed E-state index contributed by atoms with van der Waals surface area (Å²) in [6, 6.07) is 8.45. The molecule has 11 heteroatoms. The van der Waals surface area contributed by atoms with Gasteiger partial charge in [0.05, 0.1) is 22.7 Å². The second-order valence-electron chi connectivity index (χ2n) is 9.67. The molecule has 9 nitrogen and oxygen atoms in total. The number of halogens is 1. The van der Waals surface area contributed by atoms with Crippen LogP contribution in [0.25, 0.3) is 22.4 Å². The van der Waals surface area contributed by atoms with Crippen molar-refractivity contribution in [1.82, 2.24) is 24.8 Å². The lowest BCUT2D eigenvalue weighted by Gasteiger charge is -2.34. The van der Waals surface area contributed by atoms with Crippen LogP contribution in [-0.4, -0.2) is 90.4 Å². The second-order valence-corrected chi connectivity index (χ2v) is 11.9. The van der Waals surface area contributed by atoms with Crippen molar-refractivity contribution >= 4 is 21.6 Å². The van der Waals surface area contributed by atoms with Gasteiger partial charge in [0, 0.05) is 61.9 Å². The number of nitrogens with one attached hydrogen (secondary N) is 1. The molecule has 1 aromatic carbocycles. The number of carbonyl (C=O) groups excluding carboxylic acids is 1. The van der Waals surface area contributed by atoms with E-state index >= 15 is 4.39 Å². The molecule has 0 atom stereocenters. The predicted molar refractivity (Wildman–Crippen MR) is 151 cm³/mol. The normalized spacial score (nSPS) is 14.4. The van der Waals surface area contributed by atoms with Gasteiger partial charge in [0.1, 0.15) is 27.8 Å². The molecule has 0 saturated carbocycles. The molecule has 0 bridgehead atoms. The van der Waals surface area contributed by atoms with E-state index in [-0.39, 0.29) is 17.2 Å². The Morgan fingerprint density at radius 1 is 1.03 bits per heavy atom. The van der Waals surface area contributed by atoms with Gasteiger partial charge in [0.2, 0.25) is 0 Å². The van der Waals surface area contributed by atoms with Crippen LogP contribution in [-0.2, 0) is 16.3 Å². The highest BCUT2D eigenvalue weighted by Crippen LogP contribution is 2.33. The third-order valence-electron chi connectivity index (χ3n) is 6.79. The number of sulfone groups is 1.